The lowest BCUT2D eigenvalue weighted by Crippen LogP contribution is -2.02. The van der Waals surface area contributed by atoms with Crippen LogP contribution in [-0.4, -0.2) is 9.55 Å². The molecule has 0 N–H and O–H groups in total. The molecular formula is C19H19ClN2. The number of aryl methyl sites for hydroxylation is 3. The van der Waals surface area contributed by atoms with Crippen LogP contribution in [0.15, 0.2) is 60.9 Å². The third kappa shape index (κ3) is 3.58. The molecule has 2 nitrogen and oxygen atoms in total. The molecule has 0 atom stereocenters. The van der Waals surface area contributed by atoms with Gasteiger partial charge in [-0.05, 0) is 42.5 Å². The summed E-state index contributed by atoms with van der Waals surface area (Å²) >= 11 is 6.45. The number of benzene rings is 2. The lowest BCUT2D eigenvalue weighted by Gasteiger charge is -2.09. The molecule has 0 aliphatic carbocycles. The molecule has 3 aromatic rings. The average Bonchev–Trinajstić information content (AvgIpc) is 2.94. The molecule has 0 fully saturated rings. The van der Waals surface area contributed by atoms with Gasteiger partial charge in [-0.25, -0.2) is 4.98 Å². The Morgan fingerprint density at radius 3 is 2.45 bits per heavy atom. The van der Waals surface area contributed by atoms with Crippen LogP contribution in [-0.2, 0) is 19.4 Å². The van der Waals surface area contributed by atoms with Gasteiger partial charge in [0.1, 0.15) is 5.82 Å². The van der Waals surface area contributed by atoms with Crippen molar-refractivity contribution in [3.05, 3.63) is 88.5 Å². The molecule has 3 heteroatoms. The van der Waals surface area contributed by atoms with E-state index in [-0.39, 0.29) is 0 Å². The fraction of sp³-hybridized carbons (Fsp3) is 0.211. The molecular weight excluding hydrogens is 292 g/mol. The van der Waals surface area contributed by atoms with Crippen molar-refractivity contribution in [1.29, 1.82) is 0 Å². The second-order valence-electron chi connectivity index (χ2n) is 5.51. The second-order valence-corrected chi connectivity index (χ2v) is 5.92. The van der Waals surface area contributed by atoms with E-state index in [0.717, 1.165) is 35.8 Å². The summed E-state index contributed by atoms with van der Waals surface area (Å²) in [5.41, 5.74) is 3.77. The Morgan fingerprint density at radius 2 is 1.77 bits per heavy atom. The van der Waals surface area contributed by atoms with Crippen molar-refractivity contribution >= 4 is 11.6 Å². The Balaban J connectivity index is 1.68. The van der Waals surface area contributed by atoms with Gasteiger partial charge in [0.2, 0.25) is 0 Å². The number of nitrogens with zero attached hydrogens (tertiary/aromatic N) is 2. The predicted octanol–water partition coefficient (Wildman–Crippen LogP) is 4.68. The molecule has 0 radical (unpaired) electrons. The van der Waals surface area contributed by atoms with Crippen LogP contribution in [0.25, 0.3) is 0 Å². The topological polar surface area (TPSA) is 17.8 Å². The van der Waals surface area contributed by atoms with Crippen LogP contribution < -0.4 is 0 Å². The highest BCUT2D eigenvalue weighted by molar-refractivity contribution is 6.31. The third-order valence-electron chi connectivity index (χ3n) is 3.93. The number of aromatic nitrogens is 2. The van der Waals surface area contributed by atoms with Crippen molar-refractivity contribution in [3.8, 4) is 0 Å². The van der Waals surface area contributed by atoms with Gasteiger partial charge in [0.25, 0.3) is 0 Å². The molecule has 0 bridgehead atoms. The fourth-order valence-electron chi connectivity index (χ4n) is 2.56. The Hall–Kier alpha value is -2.06. The zero-order valence-corrected chi connectivity index (χ0v) is 13.4. The number of hydrogen-bond donors (Lipinski definition) is 0. The molecule has 1 aromatic heterocycles. The van der Waals surface area contributed by atoms with Crippen molar-refractivity contribution < 1.29 is 0 Å². The Morgan fingerprint density at radius 1 is 1.00 bits per heavy atom. The Labute approximate surface area is 136 Å². The minimum atomic E-state index is 0.767. The maximum atomic E-state index is 6.45. The van der Waals surface area contributed by atoms with E-state index in [9.17, 15) is 0 Å². The molecule has 0 unspecified atom stereocenters. The fourth-order valence-corrected chi connectivity index (χ4v) is 2.83. The van der Waals surface area contributed by atoms with Crippen LogP contribution in [0.3, 0.4) is 0 Å². The summed E-state index contributed by atoms with van der Waals surface area (Å²) in [4.78, 5) is 4.24. The highest BCUT2D eigenvalue weighted by Crippen LogP contribution is 2.20. The van der Waals surface area contributed by atoms with Crippen LogP contribution in [0.4, 0.5) is 0 Å². The van der Waals surface area contributed by atoms with Gasteiger partial charge in [0.05, 0.1) is 6.54 Å². The van der Waals surface area contributed by atoms with Crippen LogP contribution in [0.1, 0.15) is 22.5 Å². The SMILES string of the molecule is Cc1nccn1Cc1ccc(CCc2ccccc2)cc1Cl. The highest BCUT2D eigenvalue weighted by Gasteiger charge is 2.05. The summed E-state index contributed by atoms with van der Waals surface area (Å²) in [7, 11) is 0. The summed E-state index contributed by atoms with van der Waals surface area (Å²) in [6.45, 7) is 2.77. The van der Waals surface area contributed by atoms with E-state index < -0.39 is 0 Å². The van der Waals surface area contributed by atoms with Gasteiger partial charge in [-0.3, -0.25) is 0 Å². The predicted molar refractivity (Wildman–Crippen MR) is 91.4 cm³/mol. The normalized spacial score (nSPS) is 10.8. The maximum absolute atomic E-state index is 6.45. The van der Waals surface area contributed by atoms with E-state index >= 15 is 0 Å². The van der Waals surface area contributed by atoms with E-state index in [2.05, 4.69) is 52.0 Å². The summed E-state index contributed by atoms with van der Waals surface area (Å²) in [6.07, 6.45) is 5.84. The van der Waals surface area contributed by atoms with Gasteiger partial charge < -0.3 is 4.57 Å². The lowest BCUT2D eigenvalue weighted by molar-refractivity contribution is 0.761. The molecule has 3 rings (SSSR count). The largest absolute Gasteiger partial charge is 0.331 e. The van der Waals surface area contributed by atoms with Crippen LogP contribution in [0.2, 0.25) is 5.02 Å². The van der Waals surface area contributed by atoms with Crippen LogP contribution in [0, 0.1) is 6.92 Å². The molecule has 0 amide bonds. The molecule has 0 aliphatic rings. The first kappa shape index (κ1) is 14.9. The Kier molecular flexibility index (Phi) is 4.59. The first-order valence-electron chi connectivity index (χ1n) is 7.51. The third-order valence-corrected chi connectivity index (χ3v) is 4.28. The number of halogens is 1. The molecule has 0 spiro atoms. The lowest BCUT2D eigenvalue weighted by atomic mass is 10.0. The van der Waals surface area contributed by atoms with E-state index in [0.29, 0.717) is 0 Å². The van der Waals surface area contributed by atoms with Crippen LogP contribution >= 0.6 is 11.6 Å². The zero-order valence-electron chi connectivity index (χ0n) is 12.7. The molecule has 1 heterocycles. The van der Waals surface area contributed by atoms with Gasteiger partial charge in [0, 0.05) is 17.4 Å². The summed E-state index contributed by atoms with van der Waals surface area (Å²) < 4.78 is 2.10. The maximum Gasteiger partial charge on any atom is 0.105 e. The van der Waals surface area contributed by atoms with Gasteiger partial charge in [0.15, 0.2) is 0 Å². The minimum absolute atomic E-state index is 0.767. The number of hydrogen-bond acceptors (Lipinski definition) is 1. The van der Waals surface area contributed by atoms with E-state index in [1.165, 1.54) is 11.1 Å². The average molecular weight is 311 g/mol. The van der Waals surface area contributed by atoms with Gasteiger partial charge >= 0.3 is 0 Å². The molecule has 22 heavy (non-hydrogen) atoms. The quantitative estimate of drug-likeness (QED) is 0.669. The van der Waals surface area contributed by atoms with Crippen molar-refractivity contribution in [1.82, 2.24) is 9.55 Å². The van der Waals surface area contributed by atoms with Crippen molar-refractivity contribution in [3.63, 3.8) is 0 Å². The number of rotatable bonds is 5. The van der Waals surface area contributed by atoms with E-state index in [4.69, 9.17) is 11.6 Å². The molecule has 2 aromatic carbocycles. The summed E-state index contributed by atoms with van der Waals surface area (Å²) in [5, 5.41) is 0.832. The summed E-state index contributed by atoms with van der Waals surface area (Å²) in [6, 6.07) is 16.9. The van der Waals surface area contributed by atoms with Gasteiger partial charge in [-0.2, -0.15) is 0 Å². The molecule has 0 saturated heterocycles. The number of imidazole rings is 1. The van der Waals surface area contributed by atoms with Crippen molar-refractivity contribution in [2.24, 2.45) is 0 Å². The van der Waals surface area contributed by atoms with Gasteiger partial charge in [-0.1, -0.05) is 54.1 Å². The molecule has 0 saturated carbocycles. The second kappa shape index (κ2) is 6.80. The first-order chi connectivity index (χ1) is 10.7. The zero-order chi connectivity index (χ0) is 15.4. The standard InChI is InChI=1S/C19H19ClN2/c1-15-21-11-12-22(15)14-18-10-9-17(13-19(18)20)8-7-16-5-3-2-4-6-16/h2-6,9-13H,7-8,14H2,1H3. The Bertz CT molecular complexity index is 747. The summed E-state index contributed by atoms with van der Waals surface area (Å²) in [5.74, 6) is 1.00. The van der Waals surface area contributed by atoms with Crippen molar-refractivity contribution in [2.75, 3.05) is 0 Å². The monoisotopic (exact) mass is 310 g/mol. The van der Waals surface area contributed by atoms with E-state index in [1.54, 1.807) is 0 Å². The first-order valence-corrected chi connectivity index (χ1v) is 7.89. The van der Waals surface area contributed by atoms with E-state index in [1.807, 2.05) is 25.4 Å². The van der Waals surface area contributed by atoms with Crippen LogP contribution in [0.5, 0.6) is 0 Å². The minimum Gasteiger partial charge on any atom is -0.331 e. The van der Waals surface area contributed by atoms with Gasteiger partial charge in [-0.15, -0.1) is 0 Å². The van der Waals surface area contributed by atoms with Crippen molar-refractivity contribution in [2.45, 2.75) is 26.3 Å². The molecule has 0 aliphatic heterocycles. The molecule has 112 valence electrons. The highest BCUT2D eigenvalue weighted by atomic mass is 35.5. The smallest absolute Gasteiger partial charge is 0.105 e.